The summed E-state index contributed by atoms with van der Waals surface area (Å²) in [5.41, 5.74) is 2.48. The van der Waals surface area contributed by atoms with Gasteiger partial charge in [0.25, 0.3) is 0 Å². The molecule has 0 aliphatic rings. The lowest BCUT2D eigenvalue weighted by atomic mass is 10.1. The van der Waals surface area contributed by atoms with E-state index in [-0.39, 0.29) is 5.82 Å². The normalized spacial score (nSPS) is 10.5. The number of nitrogens with one attached hydrogen (secondary N) is 1. The maximum absolute atomic E-state index is 13.8. The first-order valence-electron chi connectivity index (χ1n) is 5.71. The summed E-state index contributed by atoms with van der Waals surface area (Å²) in [6, 6.07) is 9.07. The highest BCUT2D eigenvalue weighted by Crippen LogP contribution is 2.20. The number of halogens is 1. The average molecular weight is 230 g/mol. The minimum Gasteiger partial charge on any atom is -0.313 e. The van der Waals surface area contributed by atoms with Gasteiger partial charge in [-0.25, -0.2) is 4.39 Å². The lowest BCUT2D eigenvalue weighted by Gasteiger charge is -2.06. The Bertz CT molecular complexity index is 483. The van der Waals surface area contributed by atoms with Crippen molar-refractivity contribution in [2.75, 3.05) is 6.54 Å². The first-order chi connectivity index (χ1) is 8.31. The summed E-state index contributed by atoms with van der Waals surface area (Å²) in [5, 5.41) is 3.11. The van der Waals surface area contributed by atoms with Gasteiger partial charge in [-0.1, -0.05) is 25.1 Å². The maximum atomic E-state index is 13.8. The zero-order chi connectivity index (χ0) is 12.1. The number of hydrogen-bond acceptors (Lipinski definition) is 2. The summed E-state index contributed by atoms with van der Waals surface area (Å²) < 4.78 is 13.8. The molecule has 88 valence electrons. The van der Waals surface area contributed by atoms with Gasteiger partial charge in [0.1, 0.15) is 5.82 Å². The summed E-state index contributed by atoms with van der Waals surface area (Å²) in [6.07, 6.45) is 3.44. The van der Waals surface area contributed by atoms with Crippen molar-refractivity contribution in [2.24, 2.45) is 0 Å². The van der Waals surface area contributed by atoms with E-state index in [1.54, 1.807) is 18.5 Å². The molecule has 1 N–H and O–H groups in total. The van der Waals surface area contributed by atoms with Gasteiger partial charge in [0.15, 0.2) is 0 Å². The molecule has 1 heterocycles. The van der Waals surface area contributed by atoms with Crippen LogP contribution >= 0.6 is 0 Å². The second-order valence-electron chi connectivity index (χ2n) is 3.83. The van der Waals surface area contributed by atoms with Crippen LogP contribution in [0.25, 0.3) is 11.1 Å². The average Bonchev–Trinajstić information content (AvgIpc) is 2.38. The van der Waals surface area contributed by atoms with Crippen LogP contribution in [0.4, 0.5) is 4.39 Å². The van der Waals surface area contributed by atoms with Crippen LogP contribution in [0.3, 0.4) is 0 Å². The predicted molar refractivity (Wildman–Crippen MR) is 67.0 cm³/mol. The van der Waals surface area contributed by atoms with E-state index in [1.165, 1.54) is 0 Å². The van der Waals surface area contributed by atoms with Crippen molar-refractivity contribution in [2.45, 2.75) is 13.5 Å². The Labute approximate surface area is 101 Å². The second kappa shape index (κ2) is 5.55. The van der Waals surface area contributed by atoms with E-state index in [0.717, 1.165) is 17.7 Å². The molecule has 0 fully saturated rings. The molecule has 1 aromatic carbocycles. The molecule has 0 bridgehead atoms. The van der Waals surface area contributed by atoms with E-state index < -0.39 is 0 Å². The van der Waals surface area contributed by atoms with E-state index in [0.29, 0.717) is 12.1 Å². The lowest BCUT2D eigenvalue weighted by Crippen LogP contribution is -2.12. The van der Waals surface area contributed by atoms with Gasteiger partial charge >= 0.3 is 0 Å². The number of pyridine rings is 1. The molecule has 0 amide bonds. The molecule has 0 aliphatic carbocycles. The number of hydrogen-bond donors (Lipinski definition) is 1. The molecular weight excluding hydrogens is 215 g/mol. The van der Waals surface area contributed by atoms with Gasteiger partial charge in [0, 0.05) is 30.1 Å². The Morgan fingerprint density at radius 1 is 1.24 bits per heavy atom. The Balaban J connectivity index is 2.25. The predicted octanol–water partition coefficient (Wildman–Crippen LogP) is 3.00. The molecule has 0 spiro atoms. The van der Waals surface area contributed by atoms with Crippen LogP contribution in [0.15, 0.2) is 42.7 Å². The van der Waals surface area contributed by atoms with Gasteiger partial charge in [-0.2, -0.15) is 0 Å². The largest absolute Gasteiger partial charge is 0.313 e. The lowest BCUT2D eigenvalue weighted by molar-refractivity contribution is 0.594. The Hall–Kier alpha value is -1.74. The van der Waals surface area contributed by atoms with Gasteiger partial charge in [0.05, 0.1) is 0 Å². The molecule has 1 aromatic heterocycles. The standard InChI is InChI=1S/C14H15FN2/c1-2-16-10-13-6-5-11(8-14(13)15)12-4-3-7-17-9-12/h3-9,16H,2,10H2,1H3. The highest BCUT2D eigenvalue weighted by Gasteiger charge is 2.04. The Morgan fingerprint density at radius 2 is 2.12 bits per heavy atom. The first-order valence-corrected chi connectivity index (χ1v) is 5.71. The molecule has 3 heteroatoms. The van der Waals surface area contributed by atoms with Gasteiger partial charge in [-0.3, -0.25) is 4.98 Å². The SMILES string of the molecule is CCNCc1ccc(-c2cccnc2)cc1F. The number of benzene rings is 1. The van der Waals surface area contributed by atoms with E-state index in [2.05, 4.69) is 10.3 Å². The molecule has 0 saturated carbocycles. The summed E-state index contributed by atoms with van der Waals surface area (Å²) in [6.45, 7) is 3.40. The molecule has 2 nitrogen and oxygen atoms in total. The van der Waals surface area contributed by atoms with Crippen molar-refractivity contribution in [3.63, 3.8) is 0 Å². The molecule has 2 rings (SSSR count). The van der Waals surface area contributed by atoms with Crippen molar-refractivity contribution < 1.29 is 4.39 Å². The van der Waals surface area contributed by atoms with Gasteiger partial charge in [-0.15, -0.1) is 0 Å². The van der Waals surface area contributed by atoms with Crippen molar-refractivity contribution in [1.29, 1.82) is 0 Å². The third-order valence-electron chi connectivity index (χ3n) is 2.61. The van der Waals surface area contributed by atoms with Crippen LogP contribution in [0.2, 0.25) is 0 Å². The van der Waals surface area contributed by atoms with Crippen LogP contribution in [-0.2, 0) is 6.54 Å². The molecule has 0 unspecified atom stereocenters. The quantitative estimate of drug-likeness (QED) is 0.873. The fraction of sp³-hybridized carbons (Fsp3) is 0.214. The zero-order valence-corrected chi connectivity index (χ0v) is 9.78. The first kappa shape index (κ1) is 11.7. The van der Waals surface area contributed by atoms with E-state index in [9.17, 15) is 4.39 Å². The van der Waals surface area contributed by atoms with E-state index >= 15 is 0 Å². The molecule has 0 saturated heterocycles. The molecular formula is C14H15FN2. The Kier molecular flexibility index (Phi) is 3.83. The monoisotopic (exact) mass is 230 g/mol. The second-order valence-corrected chi connectivity index (χ2v) is 3.83. The third kappa shape index (κ3) is 2.88. The van der Waals surface area contributed by atoms with Gasteiger partial charge in [-0.05, 0) is 24.2 Å². The fourth-order valence-corrected chi connectivity index (χ4v) is 1.66. The molecule has 0 aliphatic heterocycles. The topological polar surface area (TPSA) is 24.9 Å². The van der Waals surface area contributed by atoms with Crippen molar-refractivity contribution >= 4 is 0 Å². The smallest absolute Gasteiger partial charge is 0.128 e. The van der Waals surface area contributed by atoms with Crippen molar-refractivity contribution in [1.82, 2.24) is 10.3 Å². The van der Waals surface area contributed by atoms with Crippen LogP contribution in [0, 0.1) is 5.82 Å². The van der Waals surface area contributed by atoms with Crippen LogP contribution in [-0.4, -0.2) is 11.5 Å². The summed E-state index contributed by atoms with van der Waals surface area (Å²) in [5.74, 6) is -0.174. The molecule has 17 heavy (non-hydrogen) atoms. The van der Waals surface area contributed by atoms with Crippen LogP contribution < -0.4 is 5.32 Å². The molecule has 0 radical (unpaired) electrons. The van der Waals surface area contributed by atoms with Crippen LogP contribution in [0.1, 0.15) is 12.5 Å². The molecule has 0 atom stereocenters. The molecule has 2 aromatic rings. The highest BCUT2D eigenvalue weighted by atomic mass is 19.1. The highest BCUT2D eigenvalue weighted by molar-refractivity contribution is 5.62. The number of aromatic nitrogens is 1. The van der Waals surface area contributed by atoms with Gasteiger partial charge in [0.2, 0.25) is 0 Å². The number of nitrogens with zero attached hydrogens (tertiary/aromatic N) is 1. The number of rotatable bonds is 4. The van der Waals surface area contributed by atoms with Gasteiger partial charge < -0.3 is 5.32 Å². The maximum Gasteiger partial charge on any atom is 0.128 e. The summed E-state index contributed by atoms with van der Waals surface area (Å²) >= 11 is 0. The van der Waals surface area contributed by atoms with Crippen LogP contribution in [0.5, 0.6) is 0 Å². The third-order valence-corrected chi connectivity index (χ3v) is 2.61. The van der Waals surface area contributed by atoms with Crippen molar-refractivity contribution in [3.05, 3.63) is 54.1 Å². The summed E-state index contributed by atoms with van der Waals surface area (Å²) in [4.78, 5) is 4.03. The van der Waals surface area contributed by atoms with E-state index in [1.807, 2.05) is 31.2 Å². The fourth-order valence-electron chi connectivity index (χ4n) is 1.66. The van der Waals surface area contributed by atoms with E-state index in [4.69, 9.17) is 0 Å². The zero-order valence-electron chi connectivity index (χ0n) is 9.78. The minimum absolute atomic E-state index is 0.174. The van der Waals surface area contributed by atoms with Crippen molar-refractivity contribution in [3.8, 4) is 11.1 Å². The minimum atomic E-state index is -0.174. The summed E-state index contributed by atoms with van der Waals surface area (Å²) in [7, 11) is 0. The Morgan fingerprint density at radius 3 is 2.76 bits per heavy atom.